The lowest BCUT2D eigenvalue weighted by Crippen LogP contribution is -2.14. The lowest BCUT2D eigenvalue weighted by atomic mass is 10.2. The standard InChI is InChI=1S/C15H22N4/c1-5-16-9-14-7-6-8-15(17-14)10-19-13(4)11(2)12(3)18-19/h6-8,16H,5,9-10H2,1-4H3. The Hall–Kier alpha value is -1.68. The number of nitrogens with one attached hydrogen (secondary N) is 1. The smallest absolute Gasteiger partial charge is 0.0834 e. The van der Waals surface area contributed by atoms with Gasteiger partial charge in [-0.3, -0.25) is 9.67 Å². The van der Waals surface area contributed by atoms with Crippen LogP contribution < -0.4 is 5.32 Å². The summed E-state index contributed by atoms with van der Waals surface area (Å²) in [5.74, 6) is 0. The fraction of sp³-hybridized carbons (Fsp3) is 0.467. The summed E-state index contributed by atoms with van der Waals surface area (Å²) in [4.78, 5) is 4.66. The molecule has 0 amide bonds. The number of aryl methyl sites for hydroxylation is 1. The molecule has 0 unspecified atom stereocenters. The second-order valence-corrected chi connectivity index (χ2v) is 4.85. The summed E-state index contributed by atoms with van der Waals surface area (Å²) < 4.78 is 2.03. The molecule has 4 nitrogen and oxygen atoms in total. The van der Waals surface area contributed by atoms with Crippen molar-refractivity contribution >= 4 is 0 Å². The highest BCUT2D eigenvalue weighted by molar-refractivity contribution is 5.23. The molecular formula is C15H22N4. The predicted octanol–water partition coefficient (Wildman–Crippen LogP) is 2.36. The highest BCUT2D eigenvalue weighted by Gasteiger charge is 2.08. The van der Waals surface area contributed by atoms with E-state index in [0.29, 0.717) is 0 Å². The predicted molar refractivity (Wildman–Crippen MR) is 77.2 cm³/mol. The van der Waals surface area contributed by atoms with E-state index in [1.54, 1.807) is 0 Å². The van der Waals surface area contributed by atoms with Crippen molar-refractivity contribution in [2.24, 2.45) is 0 Å². The summed E-state index contributed by atoms with van der Waals surface area (Å²) in [5.41, 5.74) is 5.72. The van der Waals surface area contributed by atoms with Gasteiger partial charge >= 0.3 is 0 Å². The fourth-order valence-electron chi connectivity index (χ4n) is 2.06. The van der Waals surface area contributed by atoms with Crippen molar-refractivity contribution in [3.63, 3.8) is 0 Å². The Morgan fingerprint density at radius 2 is 1.89 bits per heavy atom. The van der Waals surface area contributed by atoms with Crippen molar-refractivity contribution in [2.45, 2.75) is 40.8 Å². The summed E-state index contributed by atoms with van der Waals surface area (Å²) in [6.07, 6.45) is 0. The number of hydrogen-bond donors (Lipinski definition) is 1. The van der Waals surface area contributed by atoms with Crippen molar-refractivity contribution in [1.82, 2.24) is 20.1 Å². The number of nitrogens with zero attached hydrogens (tertiary/aromatic N) is 3. The molecule has 0 aliphatic heterocycles. The van der Waals surface area contributed by atoms with Crippen LogP contribution >= 0.6 is 0 Å². The molecule has 0 saturated carbocycles. The van der Waals surface area contributed by atoms with Crippen molar-refractivity contribution in [1.29, 1.82) is 0 Å². The Labute approximate surface area is 114 Å². The Bertz CT molecular complexity index is 557. The molecule has 0 atom stereocenters. The third kappa shape index (κ3) is 3.20. The first kappa shape index (κ1) is 13.7. The van der Waals surface area contributed by atoms with Gasteiger partial charge < -0.3 is 5.32 Å². The van der Waals surface area contributed by atoms with Gasteiger partial charge in [-0.15, -0.1) is 0 Å². The van der Waals surface area contributed by atoms with Gasteiger partial charge in [0.05, 0.1) is 23.6 Å². The average molecular weight is 258 g/mol. The van der Waals surface area contributed by atoms with E-state index in [1.165, 1.54) is 11.3 Å². The normalized spacial score (nSPS) is 10.9. The number of aromatic nitrogens is 3. The third-order valence-electron chi connectivity index (χ3n) is 3.48. The minimum Gasteiger partial charge on any atom is -0.311 e. The lowest BCUT2D eigenvalue weighted by Gasteiger charge is -2.07. The van der Waals surface area contributed by atoms with Gasteiger partial charge in [0.1, 0.15) is 0 Å². The highest BCUT2D eigenvalue weighted by Crippen LogP contribution is 2.12. The first-order valence-electron chi connectivity index (χ1n) is 6.78. The minimum atomic E-state index is 0.737. The molecule has 0 saturated heterocycles. The monoisotopic (exact) mass is 258 g/mol. The van der Waals surface area contributed by atoms with Crippen LogP contribution in [0.15, 0.2) is 18.2 Å². The van der Waals surface area contributed by atoms with Crippen LogP contribution in [0.2, 0.25) is 0 Å². The van der Waals surface area contributed by atoms with Crippen LogP contribution in [-0.2, 0) is 13.1 Å². The Morgan fingerprint density at radius 1 is 1.16 bits per heavy atom. The maximum Gasteiger partial charge on any atom is 0.0834 e. The molecule has 0 aliphatic rings. The summed E-state index contributed by atoms with van der Waals surface area (Å²) >= 11 is 0. The van der Waals surface area contributed by atoms with E-state index < -0.39 is 0 Å². The van der Waals surface area contributed by atoms with Gasteiger partial charge in [0.15, 0.2) is 0 Å². The Balaban J connectivity index is 2.16. The first-order chi connectivity index (χ1) is 9.11. The molecule has 2 aromatic rings. The first-order valence-corrected chi connectivity index (χ1v) is 6.78. The van der Waals surface area contributed by atoms with Gasteiger partial charge in [-0.25, -0.2) is 0 Å². The largest absolute Gasteiger partial charge is 0.311 e. The second-order valence-electron chi connectivity index (χ2n) is 4.85. The van der Waals surface area contributed by atoms with E-state index in [9.17, 15) is 0 Å². The average Bonchev–Trinajstić information content (AvgIpc) is 2.64. The number of pyridine rings is 1. The summed E-state index contributed by atoms with van der Waals surface area (Å²) in [5, 5.41) is 7.85. The molecule has 0 aromatic carbocycles. The van der Waals surface area contributed by atoms with Crippen molar-refractivity contribution < 1.29 is 0 Å². The third-order valence-corrected chi connectivity index (χ3v) is 3.48. The molecule has 1 N–H and O–H groups in total. The van der Waals surface area contributed by atoms with Gasteiger partial charge in [0.2, 0.25) is 0 Å². The molecule has 0 spiro atoms. The highest BCUT2D eigenvalue weighted by atomic mass is 15.3. The molecular weight excluding hydrogens is 236 g/mol. The topological polar surface area (TPSA) is 42.7 Å². The maximum absolute atomic E-state index is 4.66. The van der Waals surface area contributed by atoms with Crippen LogP contribution in [0, 0.1) is 20.8 Å². The lowest BCUT2D eigenvalue weighted by molar-refractivity contribution is 0.638. The van der Waals surface area contributed by atoms with Gasteiger partial charge in [-0.2, -0.15) is 5.10 Å². The fourth-order valence-corrected chi connectivity index (χ4v) is 2.06. The van der Waals surface area contributed by atoms with Gasteiger partial charge in [-0.05, 0) is 45.0 Å². The summed E-state index contributed by atoms with van der Waals surface area (Å²) in [6.45, 7) is 10.9. The molecule has 0 bridgehead atoms. The zero-order valence-corrected chi connectivity index (χ0v) is 12.2. The number of hydrogen-bond acceptors (Lipinski definition) is 3. The summed E-state index contributed by atoms with van der Waals surface area (Å²) in [6, 6.07) is 6.17. The SMILES string of the molecule is CCNCc1cccc(Cn2nc(C)c(C)c2C)n1. The molecule has 2 heterocycles. The molecule has 2 aromatic heterocycles. The zero-order chi connectivity index (χ0) is 13.8. The molecule has 4 heteroatoms. The summed E-state index contributed by atoms with van der Waals surface area (Å²) in [7, 11) is 0. The molecule has 0 fully saturated rings. The van der Waals surface area contributed by atoms with Crippen molar-refractivity contribution in [3.05, 3.63) is 46.5 Å². The van der Waals surface area contributed by atoms with Crippen LogP contribution in [0.1, 0.15) is 35.3 Å². The van der Waals surface area contributed by atoms with Crippen molar-refractivity contribution in [2.75, 3.05) is 6.54 Å². The molecule has 2 rings (SSSR count). The maximum atomic E-state index is 4.66. The molecule has 102 valence electrons. The van der Waals surface area contributed by atoms with Crippen LogP contribution in [0.25, 0.3) is 0 Å². The zero-order valence-electron chi connectivity index (χ0n) is 12.2. The quantitative estimate of drug-likeness (QED) is 0.895. The number of rotatable bonds is 5. The van der Waals surface area contributed by atoms with E-state index in [1.807, 2.05) is 11.6 Å². The van der Waals surface area contributed by atoms with Crippen LogP contribution in [-0.4, -0.2) is 21.3 Å². The van der Waals surface area contributed by atoms with Crippen LogP contribution in [0.3, 0.4) is 0 Å². The van der Waals surface area contributed by atoms with E-state index in [0.717, 1.165) is 36.7 Å². The van der Waals surface area contributed by atoms with Gasteiger partial charge in [0.25, 0.3) is 0 Å². The van der Waals surface area contributed by atoms with Gasteiger partial charge in [0, 0.05) is 12.2 Å². The van der Waals surface area contributed by atoms with E-state index in [2.05, 4.69) is 54.4 Å². The molecule has 0 aliphatic carbocycles. The minimum absolute atomic E-state index is 0.737. The molecule has 19 heavy (non-hydrogen) atoms. The van der Waals surface area contributed by atoms with E-state index in [4.69, 9.17) is 0 Å². The van der Waals surface area contributed by atoms with E-state index in [-0.39, 0.29) is 0 Å². The van der Waals surface area contributed by atoms with Crippen LogP contribution in [0.4, 0.5) is 0 Å². The van der Waals surface area contributed by atoms with Crippen molar-refractivity contribution in [3.8, 4) is 0 Å². The molecule has 0 radical (unpaired) electrons. The van der Waals surface area contributed by atoms with E-state index >= 15 is 0 Å². The Kier molecular flexibility index (Phi) is 4.32. The van der Waals surface area contributed by atoms with Gasteiger partial charge in [-0.1, -0.05) is 13.0 Å². The van der Waals surface area contributed by atoms with Crippen LogP contribution in [0.5, 0.6) is 0 Å². The second kappa shape index (κ2) is 5.97. The Morgan fingerprint density at radius 3 is 2.53 bits per heavy atom.